The maximum absolute atomic E-state index is 6.04. The fraction of sp³-hybridized carbons (Fsp3) is 0.400. The highest BCUT2D eigenvalue weighted by Gasteiger charge is 2.49. The largest absolute Gasteiger partial charge is 0.457 e. The third-order valence-electron chi connectivity index (χ3n) is 4.21. The molecule has 2 aromatic carbocycles. The molecule has 3 heteroatoms. The van der Waals surface area contributed by atoms with Gasteiger partial charge in [0.25, 0.3) is 0 Å². The van der Waals surface area contributed by atoms with Crippen molar-refractivity contribution in [3.8, 4) is 11.5 Å². The summed E-state index contributed by atoms with van der Waals surface area (Å²) in [6, 6.07) is 16.0. The zero-order valence-corrected chi connectivity index (χ0v) is 14.3. The van der Waals surface area contributed by atoms with Crippen molar-refractivity contribution in [1.82, 2.24) is 0 Å². The van der Waals surface area contributed by atoms with E-state index in [0.717, 1.165) is 22.6 Å². The zero-order valence-electron chi connectivity index (χ0n) is 14.3. The normalized spacial score (nSPS) is 17.2. The summed E-state index contributed by atoms with van der Waals surface area (Å²) in [5, 5.41) is 0. The summed E-state index contributed by atoms with van der Waals surface area (Å²) in [5.41, 5.74) is 1.95. The van der Waals surface area contributed by atoms with Gasteiger partial charge in [-0.15, -0.1) is 0 Å². The van der Waals surface area contributed by atoms with Crippen molar-refractivity contribution >= 4 is 0 Å². The summed E-state index contributed by atoms with van der Waals surface area (Å²) < 4.78 is 18.0. The lowest BCUT2D eigenvalue weighted by atomic mass is 9.80. The topological polar surface area (TPSA) is 27.7 Å². The number of ether oxygens (including phenoxy) is 3. The van der Waals surface area contributed by atoms with Crippen molar-refractivity contribution in [3.63, 3.8) is 0 Å². The number of hydrogen-bond donors (Lipinski definition) is 0. The van der Waals surface area contributed by atoms with Crippen molar-refractivity contribution < 1.29 is 14.2 Å². The Labute approximate surface area is 138 Å². The van der Waals surface area contributed by atoms with Crippen molar-refractivity contribution in [2.45, 2.75) is 33.5 Å². The Balaban J connectivity index is 1.92. The van der Waals surface area contributed by atoms with E-state index in [9.17, 15) is 0 Å². The molecule has 0 radical (unpaired) electrons. The van der Waals surface area contributed by atoms with Crippen molar-refractivity contribution in [1.29, 1.82) is 0 Å². The van der Waals surface area contributed by atoms with Gasteiger partial charge in [0.15, 0.2) is 5.79 Å². The molecule has 0 aliphatic carbocycles. The second-order valence-corrected chi connectivity index (χ2v) is 6.96. The molecule has 1 heterocycles. The molecule has 1 saturated heterocycles. The van der Waals surface area contributed by atoms with Crippen LogP contribution in [0.25, 0.3) is 0 Å². The minimum atomic E-state index is -0.691. The van der Waals surface area contributed by atoms with Crippen LogP contribution in [0.1, 0.15) is 31.9 Å². The van der Waals surface area contributed by atoms with E-state index >= 15 is 0 Å². The lowest BCUT2D eigenvalue weighted by Crippen LogP contribution is -2.41. The van der Waals surface area contributed by atoms with E-state index in [-0.39, 0.29) is 5.41 Å². The highest BCUT2D eigenvalue weighted by atomic mass is 16.7. The maximum atomic E-state index is 6.04. The van der Waals surface area contributed by atoms with Crippen LogP contribution in [-0.2, 0) is 15.3 Å². The van der Waals surface area contributed by atoms with Crippen LogP contribution in [0.15, 0.2) is 48.5 Å². The van der Waals surface area contributed by atoms with Crippen molar-refractivity contribution in [3.05, 3.63) is 59.7 Å². The first-order chi connectivity index (χ1) is 10.9. The second kappa shape index (κ2) is 5.99. The number of benzene rings is 2. The number of rotatable bonds is 3. The van der Waals surface area contributed by atoms with Gasteiger partial charge in [0.2, 0.25) is 0 Å². The summed E-state index contributed by atoms with van der Waals surface area (Å²) in [6.07, 6.45) is 0. The van der Waals surface area contributed by atoms with Crippen LogP contribution in [-0.4, -0.2) is 13.2 Å². The van der Waals surface area contributed by atoms with Crippen LogP contribution in [0.2, 0.25) is 0 Å². The molecule has 0 spiro atoms. The third kappa shape index (κ3) is 2.99. The summed E-state index contributed by atoms with van der Waals surface area (Å²) >= 11 is 0. The van der Waals surface area contributed by atoms with Gasteiger partial charge in [-0.25, -0.2) is 0 Å². The van der Waals surface area contributed by atoms with E-state index < -0.39 is 5.79 Å². The average Bonchev–Trinajstić information content (AvgIpc) is 3.01. The van der Waals surface area contributed by atoms with Gasteiger partial charge in [0.1, 0.15) is 11.5 Å². The first kappa shape index (κ1) is 16.0. The highest BCUT2D eigenvalue weighted by Crippen LogP contribution is 2.47. The quantitative estimate of drug-likeness (QED) is 0.795. The number of para-hydroxylation sites is 1. The molecule has 23 heavy (non-hydrogen) atoms. The number of hydrogen-bond acceptors (Lipinski definition) is 3. The Morgan fingerprint density at radius 1 is 0.957 bits per heavy atom. The van der Waals surface area contributed by atoms with Gasteiger partial charge < -0.3 is 14.2 Å². The minimum Gasteiger partial charge on any atom is -0.457 e. The average molecular weight is 312 g/mol. The number of aryl methyl sites for hydroxylation is 1. The SMILES string of the molecule is Cc1cc(C2(C(C)(C)C)OCCO2)ccc1Oc1ccccc1. The lowest BCUT2D eigenvalue weighted by Gasteiger charge is -2.40. The van der Waals surface area contributed by atoms with Gasteiger partial charge >= 0.3 is 0 Å². The first-order valence-electron chi connectivity index (χ1n) is 8.04. The molecule has 3 rings (SSSR count). The standard InChI is InChI=1S/C20H24O3/c1-15-14-16(20(19(2,3)4)21-12-13-22-20)10-11-18(15)23-17-8-6-5-7-9-17/h5-11,14H,12-13H2,1-4H3. The van der Waals surface area contributed by atoms with Crippen LogP contribution in [0, 0.1) is 12.3 Å². The summed E-state index contributed by atoms with van der Waals surface area (Å²) in [7, 11) is 0. The lowest BCUT2D eigenvalue weighted by molar-refractivity contribution is -0.232. The molecule has 0 N–H and O–H groups in total. The van der Waals surface area contributed by atoms with E-state index in [1.54, 1.807) is 0 Å². The van der Waals surface area contributed by atoms with Crippen LogP contribution in [0.4, 0.5) is 0 Å². The molecule has 1 aliphatic rings. The van der Waals surface area contributed by atoms with Gasteiger partial charge in [0.05, 0.1) is 13.2 Å². The molecular formula is C20H24O3. The molecule has 122 valence electrons. The van der Waals surface area contributed by atoms with Crippen LogP contribution >= 0.6 is 0 Å². The van der Waals surface area contributed by atoms with Gasteiger partial charge in [-0.1, -0.05) is 39.0 Å². The summed E-state index contributed by atoms with van der Waals surface area (Å²) in [6.45, 7) is 9.72. The molecule has 1 fully saturated rings. The molecule has 0 saturated carbocycles. The predicted octanol–water partition coefficient (Wildman–Crippen LogP) is 5.03. The minimum absolute atomic E-state index is 0.155. The van der Waals surface area contributed by atoms with Crippen LogP contribution in [0.5, 0.6) is 11.5 Å². The second-order valence-electron chi connectivity index (χ2n) is 6.96. The molecule has 1 aliphatic heterocycles. The molecule has 0 amide bonds. The Morgan fingerprint density at radius 3 is 2.17 bits per heavy atom. The van der Waals surface area contributed by atoms with E-state index in [1.165, 1.54) is 0 Å². The molecule has 2 aromatic rings. The molecular weight excluding hydrogens is 288 g/mol. The molecule has 0 atom stereocenters. The van der Waals surface area contributed by atoms with Gasteiger partial charge in [-0.3, -0.25) is 0 Å². The van der Waals surface area contributed by atoms with Crippen LogP contribution in [0.3, 0.4) is 0 Å². The zero-order chi connectivity index (χ0) is 16.5. The first-order valence-corrected chi connectivity index (χ1v) is 8.04. The predicted molar refractivity (Wildman–Crippen MR) is 90.7 cm³/mol. The van der Waals surface area contributed by atoms with E-state index in [1.807, 2.05) is 49.4 Å². The highest BCUT2D eigenvalue weighted by molar-refractivity contribution is 5.41. The third-order valence-corrected chi connectivity index (χ3v) is 4.21. The van der Waals surface area contributed by atoms with Gasteiger partial charge in [-0.2, -0.15) is 0 Å². The smallest absolute Gasteiger partial charge is 0.199 e. The van der Waals surface area contributed by atoms with Crippen molar-refractivity contribution in [2.24, 2.45) is 5.41 Å². The van der Waals surface area contributed by atoms with Gasteiger partial charge in [0, 0.05) is 11.0 Å². The fourth-order valence-electron chi connectivity index (χ4n) is 3.03. The maximum Gasteiger partial charge on any atom is 0.199 e. The molecule has 0 unspecified atom stereocenters. The summed E-state index contributed by atoms with van der Waals surface area (Å²) in [5.74, 6) is 0.993. The fourth-order valence-corrected chi connectivity index (χ4v) is 3.03. The molecule has 0 bridgehead atoms. The van der Waals surface area contributed by atoms with Crippen LogP contribution < -0.4 is 4.74 Å². The Kier molecular flexibility index (Phi) is 4.17. The van der Waals surface area contributed by atoms with Gasteiger partial charge in [-0.05, 0) is 42.8 Å². The van der Waals surface area contributed by atoms with Crippen molar-refractivity contribution in [2.75, 3.05) is 13.2 Å². The molecule has 0 aromatic heterocycles. The van der Waals surface area contributed by atoms with E-state index in [2.05, 4.69) is 26.8 Å². The Morgan fingerprint density at radius 2 is 1.61 bits per heavy atom. The molecule has 3 nitrogen and oxygen atoms in total. The van der Waals surface area contributed by atoms with E-state index in [4.69, 9.17) is 14.2 Å². The summed E-state index contributed by atoms with van der Waals surface area (Å²) in [4.78, 5) is 0. The Hall–Kier alpha value is -1.84. The monoisotopic (exact) mass is 312 g/mol. The Bertz CT molecular complexity index is 665. The van der Waals surface area contributed by atoms with E-state index in [0.29, 0.717) is 13.2 Å².